The summed E-state index contributed by atoms with van der Waals surface area (Å²) in [5.41, 5.74) is 12.5. The standard InChI is InChI=1S/C100H140N22O24S2/c1-58(123)86(116-92(140)73(107-59(2)124)44-64-49-105-68-21-12-10-19-66(64)68)97(145)117(7)79(48-99(3,4)5)95(143)115-78-56-148-57-147-55-77(94(142)113-76(45-65-50-106-69-22-13-11-20-67(65)69)96(144)122-32-16-28-100(122,6)98(102)146)114-91(139)75(47-82(127)128)112-87(135)70(23-14-15-29-104-81(126)51-118-33-35-119(52-83(129)130)37-39-121(54-85(133)134)40-38-120(36-34-118)53-84(131)132)108-88(136)72(43-61-24-25-62-17-8-9-18-63(62)41-61)109-90(138)74(46-80(101)125)111-89(137)71(110-93(78)141)42-60-26-30-103-31-27-60/h8-13,17-22,24-25,41,49-50,58,60,70-79,86,103,105-106,123H,14-16,23,26-40,42-48,51-57H2,1-7H3,(H2,101,125)(H2,102,146)(H,104,126)(H,107,124)(H,108,136)(H,109,138)(H,110,141)(H,111,137)(H,112,135)(H,113,142)(H,114,139)(H,115,143)(H,116,140)(H,127,128)(H,129,130)(H,131,132)(H,133,134)/t58-,70+,71+,72+,73+,74+,75+,76+,77+,78+,79+,86+,100+/m1/s1. The van der Waals surface area contributed by atoms with Gasteiger partial charge in [-0.1, -0.05) is 99.6 Å². The van der Waals surface area contributed by atoms with Gasteiger partial charge in [-0.15, -0.1) is 23.5 Å². The lowest BCUT2D eigenvalue weighted by Crippen LogP contribution is -2.62. The number of H-pyrrole nitrogens is 2. The van der Waals surface area contributed by atoms with Gasteiger partial charge in [0, 0.05) is 149 Å². The lowest BCUT2D eigenvalue weighted by atomic mass is 9.87. The van der Waals surface area contributed by atoms with Gasteiger partial charge in [-0.2, -0.15) is 0 Å². The maximum Gasteiger partial charge on any atom is 0.317 e. The van der Waals surface area contributed by atoms with E-state index in [2.05, 4.69) is 73.8 Å². The first-order chi connectivity index (χ1) is 70.3. The minimum Gasteiger partial charge on any atom is -0.481 e. The number of nitrogens with two attached hydrogens (primary N) is 2. The number of unbranched alkanes of at least 4 members (excludes halogenated alkanes) is 1. The number of hydrogen-bond donors (Lipinski definition) is 21. The Hall–Kier alpha value is -13.4. The van der Waals surface area contributed by atoms with Gasteiger partial charge in [-0.3, -0.25) is 111 Å². The Labute approximate surface area is 864 Å². The summed E-state index contributed by atoms with van der Waals surface area (Å²) in [7, 11) is 1.25. The van der Waals surface area contributed by atoms with Crippen molar-refractivity contribution in [2.24, 2.45) is 22.8 Å². The predicted molar refractivity (Wildman–Crippen MR) is 549 cm³/mol. The number of aromatic amines is 2. The van der Waals surface area contributed by atoms with Gasteiger partial charge < -0.3 is 121 Å². The van der Waals surface area contributed by atoms with E-state index < -0.39 is 246 Å². The van der Waals surface area contributed by atoms with Gasteiger partial charge in [0.2, 0.25) is 88.6 Å². The smallest absolute Gasteiger partial charge is 0.317 e. The number of carboxylic acids is 4. The summed E-state index contributed by atoms with van der Waals surface area (Å²) in [4.78, 5) is 288. The van der Waals surface area contributed by atoms with Crippen LogP contribution in [-0.2, 0) is 110 Å². The van der Waals surface area contributed by atoms with E-state index in [0.29, 0.717) is 65.3 Å². The number of likely N-dealkylation sites (N-methyl/N-ethyl adjacent to an activating group) is 1. The van der Waals surface area contributed by atoms with Crippen LogP contribution >= 0.6 is 23.5 Å². The van der Waals surface area contributed by atoms with E-state index in [4.69, 9.17) is 11.5 Å². The molecule has 4 aromatic carbocycles. The number of nitrogens with zero attached hydrogens (tertiary/aromatic N) is 6. The fourth-order valence-corrected chi connectivity index (χ4v) is 20.9. The predicted octanol–water partition coefficient (Wildman–Crippen LogP) is -1.85. The number of hydrogen-bond acceptors (Lipinski definition) is 27. The lowest BCUT2D eigenvalue weighted by molar-refractivity contribution is -0.146. The molecule has 4 aliphatic rings. The fraction of sp³-hybridized carbons (Fsp3) is 0.550. The van der Waals surface area contributed by atoms with E-state index in [1.807, 2.05) is 18.2 Å². The number of nitrogens with one attached hydrogen (secondary N) is 14. The van der Waals surface area contributed by atoms with Crippen molar-refractivity contribution in [3.05, 3.63) is 120 Å². The summed E-state index contributed by atoms with van der Waals surface area (Å²) in [6.45, 7) is 9.30. The summed E-state index contributed by atoms with van der Waals surface area (Å²) >= 11 is 1.89. The highest BCUT2D eigenvalue weighted by Gasteiger charge is 2.48. The molecule has 4 aliphatic heterocycles. The number of amides is 15. The molecule has 0 saturated carbocycles. The number of fused-ring (bicyclic) bond motifs is 3. The first-order valence-corrected chi connectivity index (χ1v) is 51.9. The van der Waals surface area contributed by atoms with Gasteiger partial charge >= 0.3 is 23.9 Å². The van der Waals surface area contributed by atoms with Crippen LogP contribution in [-0.4, -0.2) is 384 Å². The molecule has 806 valence electrons. The van der Waals surface area contributed by atoms with Crippen molar-refractivity contribution in [1.29, 1.82) is 0 Å². The van der Waals surface area contributed by atoms with Gasteiger partial charge in [0.25, 0.3) is 0 Å². The molecule has 0 unspecified atom stereocenters. The minimum absolute atomic E-state index is 0.0215. The second-order valence-corrected chi connectivity index (χ2v) is 42.1. The Kier molecular flexibility index (Phi) is 43.8. The molecule has 23 N–H and O–H groups in total. The number of aliphatic hydroxyl groups excluding tert-OH is 1. The van der Waals surface area contributed by atoms with Gasteiger partial charge in [0.1, 0.15) is 72.0 Å². The molecule has 6 aromatic rings. The molecule has 0 spiro atoms. The molecule has 15 amide bonds. The Morgan fingerprint density at radius 1 is 0.561 bits per heavy atom. The van der Waals surface area contributed by atoms with Crippen LogP contribution in [0.5, 0.6) is 0 Å². The second-order valence-electron chi connectivity index (χ2n) is 39.6. The van der Waals surface area contributed by atoms with Crippen molar-refractivity contribution in [3.63, 3.8) is 0 Å². The number of thioether (sulfide) groups is 2. The number of aromatic nitrogens is 2. The monoisotopic (exact) mass is 2100 g/mol. The maximum atomic E-state index is 15.8. The third-order valence-electron chi connectivity index (χ3n) is 26.8. The highest BCUT2D eigenvalue weighted by atomic mass is 32.2. The number of likely N-dealkylation sites (tertiary alicyclic amines) is 1. The molecule has 4 fully saturated rings. The zero-order valence-electron chi connectivity index (χ0n) is 84.3. The summed E-state index contributed by atoms with van der Waals surface area (Å²) in [6.07, 6.45) is -0.597. The fourth-order valence-electron chi connectivity index (χ4n) is 18.7. The molecule has 6 heterocycles. The van der Waals surface area contributed by atoms with E-state index in [1.54, 1.807) is 126 Å². The minimum atomic E-state index is -2.15. The zero-order chi connectivity index (χ0) is 108. The van der Waals surface area contributed by atoms with Crippen LogP contribution in [0.1, 0.15) is 129 Å². The summed E-state index contributed by atoms with van der Waals surface area (Å²) < 4.78 is 0. The van der Waals surface area contributed by atoms with E-state index >= 15 is 47.9 Å². The first-order valence-electron chi connectivity index (χ1n) is 49.6. The number of aliphatic hydroxyl groups is 1. The summed E-state index contributed by atoms with van der Waals surface area (Å²) in [5.74, 6) is -21.2. The SMILES string of the molecule is CC(=O)N[C@@H](Cc1c[nH]c2ccccc12)C(=O)N[C@H](C(=O)N(C)[C@@H](CC(C)(C)C)C(=O)N[C@H]1CSCSC[C@@H](C(=O)N[C@@H](Cc2c[nH]c3ccccc23)C(=O)N2CCC[C@@]2(C)C(N)=O)NC(=O)[C@H](CC(=O)O)NC(=O)[C@H](CCCCNC(=O)CN2CCN(CC(=O)O)CCN(CC(=O)O)CCN(CC(=O)O)CC2)NC(=O)[C@H](Cc2ccc3ccccc3c2)NC(=O)[C@H](CC(N)=O)NC(=O)[C@H](CC2CCNCC2)NC1=O)[C@@H](C)O. The van der Waals surface area contributed by atoms with Crippen molar-refractivity contribution in [3.8, 4) is 0 Å². The number of para-hydroxylation sites is 2. The Bertz CT molecular complexity index is 5700. The molecule has 148 heavy (non-hydrogen) atoms. The van der Waals surface area contributed by atoms with Gasteiger partial charge in [-0.05, 0) is 136 Å². The Morgan fingerprint density at radius 3 is 1.62 bits per heavy atom. The van der Waals surface area contributed by atoms with Crippen LogP contribution in [0.4, 0.5) is 0 Å². The number of carboxylic acid groups (broad SMARTS) is 4. The van der Waals surface area contributed by atoms with Crippen LogP contribution in [0.25, 0.3) is 32.6 Å². The molecule has 0 radical (unpaired) electrons. The quantitative estimate of drug-likeness (QED) is 0.0189. The second kappa shape index (κ2) is 55.6. The van der Waals surface area contributed by atoms with Crippen LogP contribution < -0.4 is 75.3 Å². The number of benzene rings is 4. The molecule has 0 bridgehead atoms. The number of piperidine rings is 1. The maximum absolute atomic E-state index is 15.8. The average molecular weight is 2100 g/mol. The Morgan fingerprint density at radius 2 is 1.07 bits per heavy atom. The summed E-state index contributed by atoms with van der Waals surface area (Å²) in [6, 6.07) is 7.41. The third kappa shape index (κ3) is 35.4. The number of carbonyl (C=O) groups excluding carboxylic acids is 15. The highest BCUT2D eigenvalue weighted by molar-refractivity contribution is 8.16. The molecule has 48 heteroatoms. The Balaban J connectivity index is 1.02. The number of rotatable bonds is 38. The molecule has 0 aliphatic carbocycles. The topological polar surface area (TPSA) is 673 Å². The van der Waals surface area contributed by atoms with Crippen LogP contribution in [0.15, 0.2) is 103 Å². The van der Waals surface area contributed by atoms with Crippen LogP contribution in [0.3, 0.4) is 0 Å². The molecule has 2 aromatic heterocycles. The summed E-state index contributed by atoms with van der Waals surface area (Å²) in [5, 5.41) is 87.0. The molecule has 4 saturated heterocycles. The van der Waals surface area contributed by atoms with Crippen molar-refractivity contribution in [1.82, 2.24) is 103 Å². The molecule has 10 rings (SSSR count). The van der Waals surface area contributed by atoms with E-state index in [0.717, 1.165) is 44.7 Å². The molecular formula is C100H140N22O24S2. The third-order valence-corrected chi connectivity index (χ3v) is 29.2. The van der Waals surface area contributed by atoms with E-state index in [-0.39, 0.29) is 134 Å². The zero-order valence-corrected chi connectivity index (χ0v) is 85.9. The normalized spacial score (nSPS) is 21.9. The van der Waals surface area contributed by atoms with Crippen LogP contribution in [0.2, 0.25) is 0 Å². The van der Waals surface area contributed by atoms with Gasteiger partial charge in [0.05, 0.1) is 45.1 Å². The largest absolute Gasteiger partial charge is 0.481 e. The van der Waals surface area contributed by atoms with Gasteiger partial charge in [0.15, 0.2) is 0 Å². The molecule has 13 atom stereocenters. The lowest BCUT2D eigenvalue weighted by Gasteiger charge is -2.36. The van der Waals surface area contributed by atoms with Crippen LogP contribution in [0, 0.1) is 11.3 Å². The molecular weight excluding hydrogens is 1960 g/mol. The number of aliphatic carboxylic acids is 4. The van der Waals surface area contributed by atoms with Gasteiger partial charge in [-0.25, -0.2) is 0 Å². The van der Waals surface area contributed by atoms with Crippen molar-refractivity contribution >= 4 is 169 Å². The van der Waals surface area contributed by atoms with Crippen molar-refractivity contribution in [2.45, 2.75) is 210 Å². The number of primary amides is 2. The molecule has 46 nitrogen and oxygen atoms in total. The van der Waals surface area contributed by atoms with Crippen molar-refractivity contribution in [2.75, 3.05) is 128 Å². The average Bonchev–Trinajstić information content (AvgIpc) is 1.62. The van der Waals surface area contributed by atoms with Crippen molar-refractivity contribution < 1.29 is 117 Å². The van der Waals surface area contributed by atoms with E-state index in [1.165, 1.54) is 32.7 Å². The number of carbonyl (C=O) groups is 19. The van der Waals surface area contributed by atoms with E-state index in [9.17, 15) is 68.7 Å². The first kappa shape index (κ1) is 117. The highest BCUT2D eigenvalue weighted by Crippen LogP contribution is 2.33.